The molecule has 2 heterocycles. The van der Waals surface area contributed by atoms with Crippen LogP contribution in [0.1, 0.15) is 31.2 Å². The largest absolute Gasteiger partial charge is 0.328 e. The summed E-state index contributed by atoms with van der Waals surface area (Å²) < 4.78 is 0. The monoisotopic (exact) mass is 264 g/mol. The Balaban J connectivity index is 1.59. The molecule has 2 aliphatic heterocycles. The van der Waals surface area contributed by atoms with Crippen molar-refractivity contribution in [2.24, 2.45) is 5.73 Å². The van der Waals surface area contributed by atoms with Crippen LogP contribution in [0.3, 0.4) is 0 Å². The highest BCUT2D eigenvalue weighted by Gasteiger charge is 2.38. The summed E-state index contributed by atoms with van der Waals surface area (Å²) in [5, 5.41) is 0.822. The highest BCUT2D eigenvalue weighted by molar-refractivity contribution is 6.30. The Morgan fingerprint density at radius 1 is 1.11 bits per heavy atom. The van der Waals surface area contributed by atoms with Gasteiger partial charge in [-0.15, -0.1) is 0 Å². The molecule has 2 fully saturated rings. The fourth-order valence-electron chi connectivity index (χ4n) is 3.59. The van der Waals surface area contributed by atoms with Gasteiger partial charge in [0, 0.05) is 29.7 Å². The SMILES string of the molecule is NC1CC2CCC(C1)N2CCc1ccc(Cl)cc1. The first-order valence-corrected chi connectivity index (χ1v) is 7.36. The van der Waals surface area contributed by atoms with E-state index in [2.05, 4.69) is 17.0 Å². The third-order valence-electron chi connectivity index (χ3n) is 4.49. The second-order valence-corrected chi connectivity index (χ2v) is 6.17. The molecular formula is C15H21ClN2. The molecule has 1 aromatic rings. The van der Waals surface area contributed by atoms with Crippen LogP contribution in [0.25, 0.3) is 0 Å². The van der Waals surface area contributed by atoms with Crippen LogP contribution in [-0.4, -0.2) is 29.6 Å². The number of hydrogen-bond acceptors (Lipinski definition) is 2. The zero-order valence-electron chi connectivity index (χ0n) is 10.7. The molecule has 0 aliphatic carbocycles. The maximum Gasteiger partial charge on any atom is 0.0406 e. The van der Waals surface area contributed by atoms with E-state index in [4.69, 9.17) is 17.3 Å². The maximum absolute atomic E-state index is 6.10. The van der Waals surface area contributed by atoms with Crippen molar-refractivity contribution in [2.45, 2.75) is 50.2 Å². The number of fused-ring (bicyclic) bond motifs is 2. The zero-order valence-corrected chi connectivity index (χ0v) is 11.4. The lowest BCUT2D eigenvalue weighted by Crippen LogP contribution is -2.48. The molecule has 0 aromatic heterocycles. The van der Waals surface area contributed by atoms with E-state index in [0.29, 0.717) is 6.04 Å². The van der Waals surface area contributed by atoms with Gasteiger partial charge in [0.1, 0.15) is 0 Å². The number of hydrogen-bond donors (Lipinski definition) is 1. The van der Waals surface area contributed by atoms with Gasteiger partial charge < -0.3 is 5.73 Å². The summed E-state index contributed by atoms with van der Waals surface area (Å²) in [5.74, 6) is 0. The molecule has 2 nitrogen and oxygen atoms in total. The molecule has 3 rings (SSSR count). The molecule has 2 aliphatic rings. The average molecular weight is 265 g/mol. The topological polar surface area (TPSA) is 29.3 Å². The summed E-state index contributed by atoms with van der Waals surface area (Å²) in [6.45, 7) is 1.17. The molecule has 0 radical (unpaired) electrons. The molecule has 2 atom stereocenters. The summed E-state index contributed by atoms with van der Waals surface area (Å²) in [6.07, 6.45) is 6.20. The Kier molecular flexibility index (Phi) is 3.60. The second kappa shape index (κ2) is 5.20. The molecular weight excluding hydrogens is 244 g/mol. The minimum atomic E-state index is 0.439. The quantitative estimate of drug-likeness (QED) is 0.910. The van der Waals surface area contributed by atoms with Crippen molar-refractivity contribution in [2.75, 3.05) is 6.54 Å². The van der Waals surface area contributed by atoms with Gasteiger partial charge in [-0.1, -0.05) is 23.7 Å². The Bertz CT molecular complexity index is 389. The summed E-state index contributed by atoms with van der Waals surface area (Å²) in [7, 11) is 0. The minimum Gasteiger partial charge on any atom is -0.328 e. The van der Waals surface area contributed by atoms with E-state index in [0.717, 1.165) is 23.5 Å². The van der Waals surface area contributed by atoms with Gasteiger partial charge >= 0.3 is 0 Å². The van der Waals surface area contributed by atoms with E-state index in [1.54, 1.807) is 0 Å². The predicted molar refractivity (Wildman–Crippen MR) is 75.9 cm³/mol. The summed E-state index contributed by atoms with van der Waals surface area (Å²) >= 11 is 5.91. The van der Waals surface area contributed by atoms with Crippen LogP contribution in [0.15, 0.2) is 24.3 Å². The Hall–Kier alpha value is -0.570. The van der Waals surface area contributed by atoms with Crippen molar-refractivity contribution in [3.63, 3.8) is 0 Å². The Labute approximate surface area is 114 Å². The van der Waals surface area contributed by atoms with Crippen LogP contribution in [0.5, 0.6) is 0 Å². The van der Waals surface area contributed by atoms with Crippen molar-refractivity contribution < 1.29 is 0 Å². The molecule has 98 valence electrons. The Morgan fingerprint density at radius 2 is 1.72 bits per heavy atom. The highest BCUT2D eigenvalue weighted by Crippen LogP contribution is 2.34. The van der Waals surface area contributed by atoms with Crippen molar-refractivity contribution in [3.8, 4) is 0 Å². The summed E-state index contributed by atoms with van der Waals surface area (Å²) in [4.78, 5) is 2.69. The van der Waals surface area contributed by atoms with Crippen LogP contribution >= 0.6 is 11.6 Å². The van der Waals surface area contributed by atoms with Crippen molar-refractivity contribution in [1.82, 2.24) is 4.90 Å². The van der Waals surface area contributed by atoms with Gasteiger partial charge in [-0.05, 0) is 49.8 Å². The maximum atomic E-state index is 6.10. The second-order valence-electron chi connectivity index (χ2n) is 5.73. The van der Waals surface area contributed by atoms with Gasteiger partial charge in [0.2, 0.25) is 0 Å². The van der Waals surface area contributed by atoms with Crippen LogP contribution < -0.4 is 5.73 Å². The molecule has 3 heteroatoms. The van der Waals surface area contributed by atoms with Crippen LogP contribution in [0.2, 0.25) is 5.02 Å². The number of halogens is 1. The van der Waals surface area contributed by atoms with Gasteiger partial charge in [-0.2, -0.15) is 0 Å². The van der Waals surface area contributed by atoms with Crippen molar-refractivity contribution >= 4 is 11.6 Å². The smallest absolute Gasteiger partial charge is 0.0406 e. The molecule has 18 heavy (non-hydrogen) atoms. The number of nitrogens with zero attached hydrogens (tertiary/aromatic N) is 1. The fraction of sp³-hybridized carbons (Fsp3) is 0.600. The molecule has 2 saturated heterocycles. The number of piperidine rings is 1. The normalized spacial score (nSPS) is 31.8. The van der Waals surface area contributed by atoms with Crippen LogP contribution in [0, 0.1) is 0 Å². The highest BCUT2D eigenvalue weighted by atomic mass is 35.5. The lowest BCUT2D eigenvalue weighted by atomic mass is 9.97. The van der Waals surface area contributed by atoms with Crippen LogP contribution in [-0.2, 0) is 6.42 Å². The third kappa shape index (κ3) is 2.56. The third-order valence-corrected chi connectivity index (χ3v) is 4.74. The standard InChI is InChI=1S/C15H21ClN2/c16-12-3-1-11(2-4-12)7-8-18-14-5-6-15(18)10-13(17)9-14/h1-4,13-15H,5-10,17H2. The van der Waals surface area contributed by atoms with E-state index >= 15 is 0 Å². The van der Waals surface area contributed by atoms with Gasteiger partial charge in [0.05, 0.1) is 0 Å². The number of benzene rings is 1. The van der Waals surface area contributed by atoms with Crippen molar-refractivity contribution in [1.29, 1.82) is 0 Å². The van der Waals surface area contributed by atoms with E-state index in [1.807, 2.05) is 12.1 Å². The van der Waals surface area contributed by atoms with E-state index in [9.17, 15) is 0 Å². The van der Waals surface area contributed by atoms with Gasteiger partial charge in [0.25, 0.3) is 0 Å². The molecule has 2 unspecified atom stereocenters. The number of nitrogens with two attached hydrogens (primary N) is 1. The summed E-state index contributed by atoms with van der Waals surface area (Å²) in [5.41, 5.74) is 7.48. The first-order chi connectivity index (χ1) is 8.72. The first-order valence-electron chi connectivity index (χ1n) is 6.98. The lowest BCUT2D eigenvalue weighted by Gasteiger charge is -2.37. The molecule has 2 bridgehead atoms. The molecule has 0 saturated carbocycles. The zero-order chi connectivity index (χ0) is 12.5. The van der Waals surface area contributed by atoms with Gasteiger partial charge in [0.15, 0.2) is 0 Å². The first kappa shape index (κ1) is 12.5. The predicted octanol–water partition coefficient (Wildman–Crippen LogP) is 2.84. The molecule has 0 amide bonds. The minimum absolute atomic E-state index is 0.439. The fourth-order valence-corrected chi connectivity index (χ4v) is 3.72. The Morgan fingerprint density at radius 3 is 2.33 bits per heavy atom. The van der Waals surface area contributed by atoms with E-state index in [-0.39, 0.29) is 0 Å². The van der Waals surface area contributed by atoms with Crippen molar-refractivity contribution in [3.05, 3.63) is 34.9 Å². The molecule has 2 N–H and O–H groups in total. The van der Waals surface area contributed by atoms with Gasteiger partial charge in [-0.25, -0.2) is 0 Å². The van der Waals surface area contributed by atoms with Crippen LogP contribution in [0.4, 0.5) is 0 Å². The lowest BCUT2D eigenvalue weighted by molar-refractivity contribution is 0.129. The number of rotatable bonds is 3. The van der Waals surface area contributed by atoms with E-state index < -0.39 is 0 Å². The average Bonchev–Trinajstić information content (AvgIpc) is 2.60. The summed E-state index contributed by atoms with van der Waals surface area (Å²) in [6, 6.07) is 10.2. The van der Waals surface area contributed by atoms with Gasteiger partial charge in [-0.3, -0.25) is 4.90 Å². The molecule has 1 aromatic carbocycles. The van der Waals surface area contributed by atoms with E-state index in [1.165, 1.54) is 37.8 Å². The molecule has 0 spiro atoms.